The molecule has 0 bridgehead atoms. The number of hydrogen-bond donors (Lipinski definition) is 10. The highest BCUT2D eigenvalue weighted by Gasteiger charge is 2.43. The Balaban J connectivity index is 1.83. The Kier molecular flexibility index (Phi) is 29.8. The molecule has 0 aromatic heterocycles. The molecule has 12 N–H and O–H groups in total. The van der Waals surface area contributed by atoms with Crippen molar-refractivity contribution in [3.63, 3.8) is 0 Å². The van der Waals surface area contributed by atoms with Gasteiger partial charge in [0.25, 0.3) is 0 Å². The maximum atomic E-state index is 13.3. The van der Waals surface area contributed by atoms with Crippen molar-refractivity contribution in [1.29, 1.82) is 0 Å². The van der Waals surface area contributed by atoms with Gasteiger partial charge in [-0.3, -0.25) is 33.6 Å². The molecule has 0 saturated carbocycles. The van der Waals surface area contributed by atoms with Crippen molar-refractivity contribution in [3.05, 3.63) is 115 Å². The number of aliphatic hydroxyl groups excluding tert-OH is 7. The molecular weight excluding hydrogens is 1020 g/mol. The predicted molar refractivity (Wildman–Crippen MR) is 292 cm³/mol. The van der Waals surface area contributed by atoms with Crippen LogP contribution in [0.2, 0.25) is 0 Å². The molecule has 1 aromatic rings. The van der Waals surface area contributed by atoms with Crippen LogP contribution in [0.4, 0.5) is 5.69 Å². The molecule has 0 spiro atoms. The molecule has 0 radical (unpaired) electrons. The van der Waals surface area contributed by atoms with Crippen molar-refractivity contribution < 1.29 is 88.6 Å². The zero-order valence-corrected chi connectivity index (χ0v) is 45.4. The number of cyclic esters (lactones) is 1. The lowest BCUT2D eigenvalue weighted by Crippen LogP contribution is -2.61. The summed E-state index contributed by atoms with van der Waals surface area (Å²) in [4.78, 5) is 89.9. The van der Waals surface area contributed by atoms with Gasteiger partial charge in [0.1, 0.15) is 47.7 Å². The van der Waals surface area contributed by atoms with E-state index in [1.165, 1.54) is 19.1 Å². The first-order chi connectivity index (χ1) is 37.4. The minimum absolute atomic E-state index is 0.0391. The molecule has 3 rings (SSSR count). The summed E-state index contributed by atoms with van der Waals surface area (Å²) in [7, 11) is 0. The summed E-state index contributed by atoms with van der Waals surface area (Å²) in [5, 5.41) is 85.3. The van der Waals surface area contributed by atoms with E-state index in [1.807, 2.05) is 19.9 Å². The van der Waals surface area contributed by atoms with Crippen molar-refractivity contribution >= 4 is 46.5 Å². The number of esters is 1. The van der Waals surface area contributed by atoms with Crippen LogP contribution in [-0.2, 0) is 43.0 Å². The van der Waals surface area contributed by atoms with E-state index in [0.717, 1.165) is 0 Å². The molecule has 16 atom stereocenters. The van der Waals surface area contributed by atoms with E-state index in [0.29, 0.717) is 17.7 Å². The number of ether oxygens (including phenoxy) is 3. The van der Waals surface area contributed by atoms with Crippen molar-refractivity contribution in [1.82, 2.24) is 0 Å². The quantitative estimate of drug-likeness (QED) is 0.0689. The molecule has 20 heteroatoms. The van der Waals surface area contributed by atoms with Gasteiger partial charge >= 0.3 is 11.9 Å². The number of hydrogen-bond acceptors (Lipinski definition) is 19. The number of carboxylic acids is 1. The van der Waals surface area contributed by atoms with Gasteiger partial charge in [0, 0.05) is 75.0 Å². The molecule has 1 fully saturated rings. The Morgan fingerprint density at radius 1 is 0.684 bits per heavy atom. The molecule has 436 valence electrons. The minimum atomic E-state index is -1.98. The Morgan fingerprint density at radius 2 is 1.19 bits per heavy atom. The summed E-state index contributed by atoms with van der Waals surface area (Å²) in [5.41, 5.74) is 12.6. The summed E-state index contributed by atoms with van der Waals surface area (Å²) in [6.07, 6.45) is 4.61. The average molecular weight is 1110 g/mol. The summed E-state index contributed by atoms with van der Waals surface area (Å²) >= 11 is 0. The van der Waals surface area contributed by atoms with Gasteiger partial charge in [-0.1, -0.05) is 106 Å². The lowest BCUT2D eigenvalue weighted by atomic mass is 9.83. The molecule has 0 amide bonds. The van der Waals surface area contributed by atoms with Gasteiger partial charge in [-0.25, -0.2) is 0 Å². The molecular formula is C59H82N2O18. The number of anilines is 1. The number of nitrogen functional groups attached to an aromatic ring is 1. The zero-order valence-electron chi connectivity index (χ0n) is 45.4. The smallest absolute Gasteiger partial charge is 0.313 e. The highest BCUT2D eigenvalue weighted by Crippen LogP contribution is 2.29. The van der Waals surface area contributed by atoms with Gasteiger partial charge in [0.05, 0.1) is 54.9 Å². The van der Waals surface area contributed by atoms with E-state index in [2.05, 4.69) is 0 Å². The third kappa shape index (κ3) is 25.0. The van der Waals surface area contributed by atoms with Crippen LogP contribution in [0.25, 0.3) is 0 Å². The van der Waals surface area contributed by atoms with E-state index in [9.17, 15) is 74.4 Å². The zero-order chi connectivity index (χ0) is 58.8. The lowest BCUT2D eigenvalue weighted by Gasteiger charge is -2.41. The summed E-state index contributed by atoms with van der Waals surface area (Å²) < 4.78 is 17.5. The molecule has 1 aromatic carbocycles. The third-order valence-electron chi connectivity index (χ3n) is 13.7. The van der Waals surface area contributed by atoms with E-state index in [1.54, 1.807) is 98.0 Å². The van der Waals surface area contributed by atoms with Crippen molar-refractivity contribution in [3.8, 4) is 0 Å². The Bertz CT molecular complexity index is 2360. The molecule has 16 unspecified atom stereocenters. The highest BCUT2D eigenvalue weighted by molar-refractivity contribution is 5.97. The molecule has 0 aliphatic carbocycles. The van der Waals surface area contributed by atoms with Crippen LogP contribution in [0.3, 0.4) is 0 Å². The topological polar surface area (TPSA) is 361 Å². The number of nitrogens with two attached hydrogens (primary N) is 2. The maximum absolute atomic E-state index is 13.3. The van der Waals surface area contributed by atoms with Gasteiger partial charge in [-0.15, -0.1) is 0 Å². The number of benzene rings is 1. The van der Waals surface area contributed by atoms with E-state index in [-0.39, 0.29) is 49.2 Å². The lowest BCUT2D eigenvalue weighted by molar-refractivity contribution is -0.277. The summed E-state index contributed by atoms with van der Waals surface area (Å²) in [6, 6.07) is 5.22. The Hall–Kier alpha value is -5.91. The number of ketones is 5. The monoisotopic (exact) mass is 1110 g/mol. The number of carbonyl (C=O) groups is 7. The van der Waals surface area contributed by atoms with Crippen molar-refractivity contribution in [2.45, 2.75) is 178 Å². The van der Waals surface area contributed by atoms with Crippen molar-refractivity contribution in [2.75, 3.05) is 5.73 Å². The number of allylic oxidation sites excluding steroid dienone is 12. The van der Waals surface area contributed by atoms with E-state index < -0.39 is 159 Å². The molecule has 2 heterocycles. The standard InChI is InChI=1S/C59H82N2O18/c1-35-18-15-13-11-9-7-5-6-8-10-12-14-16-21-47(78-59-56(74)54(61)55(73)38(4)77-59)33-51(71)53(58(75)76)50(70)31-46(67)30-45(66)29-44(65)28-43(64)27-41(62)19-17-20-42(63)32-52(72)79-57(35)37(3)26-36(2)48(68)34-49(69)39-22-24-40(60)25-23-39/h5-16,18,21-25,35-38,43,45,47-48,50-51,53-57,59,64,66,68,70-71,73-74H,17,19-20,26-34,60-61H2,1-4H3,(H,75,76). The summed E-state index contributed by atoms with van der Waals surface area (Å²) in [6.45, 7) is 7.00. The van der Waals surface area contributed by atoms with Crippen LogP contribution in [-0.4, -0.2) is 155 Å². The molecule has 1 saturated heterocycles. The summed E-state index contributed by atoms with van der Waals surface area (Å²) in [5.74, 6) is -8.30. The number of Topliss-reactive ketones (excluding diaryl/α,β-unsaturated/α-hetero) is 5. The van der Waals surface area contributed by atoms with Crippen LogP contribution in [0.15, 0.2) is 109 Å². The second kappa shape index (κ2) is 35.0. The Labute approximate surface area is 461 Å². The first-order valence-corrected chi connectivity index (χ1v) is 26.8. The highest BCUT2D eigenvalue weighted by atomic mass is 16.7. The first-order valence-electron chi connectivity index (χ1n) is 26.8. The number of carboxylic acid groups (broad SMARTS) is 1. The number of aliphatic hydroxyl groups is 7. The van der Waals surface area contributed by atoms with Gasteiger partial charge in [-0.05, 0) is 55.9 Å². The number of carbonyl (C=O) groups excluding carboxylic acids is 6. The van der Waals surface area contributed by atoms with Crippen LogP contribution in [0.5, 0.6) is 0 Å². The third-order valence-corrected chi connectivity index (χ3v) is 13.7. The largest absolute Gasteiger partial charge is 0.481 e. The van der Waals surface area contributed by atoms with Crippen molar-refractivity contribution in [2.24, 2.45) is 29.4 Å². The maximum Gasteiger partial charge on any atom is 0.313 e. The SMILES string of the molecule is CC1C=CC=CC=CC=CC=CC=CC=CC(OC2OC(C)C(O)C(N)C2O)CC(O)C(C(=O)O)C(O)CC(=O)CC(O)CC(=O)CC(O)CC(=O)CCCC(=O)CC(=O)OC1C(C)CC(C)C(O)CC(=O)c1ccc(N)cc1. The van der Waals surface area contributed by atoms with Crippen LogP contribution < -0.4 is 11.5 Å². The normalized spacial score (nSPS) is 30.9. The predicted octanol–water partition coefficient (Wildman–Crippen LogP) is 3.82. The van der Waals surface area contributed by atoms with Gasteiger partial charge in [-0.2, -0.15) is 0 Å². The fourth-order valence-corrected chi connectivity index (χ4v) is 9.23. The fraction of sp³-hybridized carbons (Fsp3) is 0.542. The fourth-order valence-electron chi connectivity index (χ4n) is 9.23. The van der Waals surface area contributed by atoms with Crippen LogP contribution in [0.1, 0.15) is 115 Å². The molecule has 79 heavy (non-hydrogen) atoms. The molecule has 2 aliphatic heterocycles. The number of aliphatic carboxylic acids is 1. The first kappa shape index (κ1) is 67.4. The van der Waals surface area contributed by atoms with Gasteiger partial charge in [0.15, 0.2) is 12.1 Å². The van der Waals surface area contributed by atoms with Gasteiger partial charge < -0.3 is 66.5 Å². The second-order valence-corrected chi connectivity index (χ2v) is 20.7. The van der Waals surface area contributed by atoms with Gasteiger partial charge in [0.2, 0.25) is 0 Å². The minimum Gasteiger partial charge on any atom is -0.481 e. The Morgan fingerprint density at radius 3 is 1.75 bits per heavy atom. The number of rotatable bonds is 10. The van der Waals surface area contributed by atoms with Crippen LogP contribution >= 0.6 is 0 Å². The van der Waals surface area contributed by atoms with E-state index in [4.69, 9.17) is 25.7 Å². The average Bonchev–Trinajstić information content (AvgIpc) is 3.36. The molecule has 2 aliphatic rings. The van der Waals surface area contributed by atoms with Crippen LogP contribution in [0, 0.1) is 23.7 Å². The second-order valence-electron chi connectivity index (χ2n) is 20.7. The van der Waals surface area contributed by atoms with E-state index >= 15 is 0 Å². The molecule has 20 nitrogen and oxygen atoms in total.